The predicted molar refractivity (Wildman–Crippen MR) is 90.8 cm³/mol. The van der Waals surface area contributed by atoms with Crippen molar-refractivity contribution < 1.29 is 41.4 Å². The minimum atomic E-state index is -2.38. The summed E-state index contributed by atoms with van der Waals surface area (Å²) in [6, 6.07) is 9.33. The summed E-state index contributed by atoms with van der Waals surface area (Å²) in [5.41, 5.74) is -1.86. The van der Waals surface area contributed by atoms with E-state index in [1.54, 1.807) is 24.3 Å². The van der Waals surface area contributed by atoms with E-state index in [2.05, 4.69) is 4.74 Å². The number of halogens is 5. The van der Waals surface area contributed by atoms with E-state index in [-0.39, 0.29) is 5.56 Å². The summed E-state index contributed by atoms with van der Waals surface area (Å²) >= 11 is 0. The van der Waals surface area contributed by atoms with Crippen molar-refractivity contribution in [3.05, 3.63) is 71.0 Å². The molecule has 0 aliphatic rings. The Hall–Kier alpha value is -3.69. The maximum absolute atomic E-state index is 13.6. The second-order valence-corrected chi connectivity index (χ2v) is 5.79. The number of esters is 1. The number of phenolic OH excluding ortho intramolecular Hbond substituents is 1. The van der Waals surface area contributed by atoms with E-state index in [0.29, 0.717) is 10.8 Å². The predicted octanol–water partition coefficient (Wildman–Crippen LogP) is 4.04. The van der Waals surface area contributed by atoms with Crippen LogP contribution in [0.3, 0.4) is 0 Å². The van der Waals surface area contributed by atoms with Crippen LogP contribution in [0.25, 0.3) is 10.8 Å². The summed E-state index contributed by atoms with van der Waals surface area (Å²) in [7, 11) is 0. The van der Waals surface area contributed by atoms with Gasteiger partial charge in [-0.1, -0.05) is 24.3 Å². The average molecular weight is 411 g/mol. The van der Waals surface area contributed by atoms with Crippen LogP contribution in [0.4, 0.5) is 27.6 Å². The van der Waals surface area contributed by atoms with E-state index < -0.39 is 59.0 Å². The van der Waals surface area contributed by atoms with Crippen molar-refractivity contribution >= 4 is 28.3 Å². The van der Waals surface area contributed by atoms with Crippen molar-refractivity contribution in [1.82, 2.24) is 0 Å². The van der Waals surface area contributed by atoms with Crippen molar-refractivity contribution in [2.45, 2.75) is 0 Å². The number of anilines is 1. The Balaban J connectivity index is 1.73. The number of ether oxygens (including phenoxy) is 1. The third-order valence-electron chi connectivity index (χ3n) is 3.89. The third kappa shape index (κ3) is 3.82. The molecule has 3 aromatic carbocycles. The highest BCUT2D eigenvalue weighted by atomic mass is 19.2. The zero-order chi connectivity index (χ0) is 21.3. The largest absolute Gasteiger partial charge is 0.507 e. The van der Waals surface area contributed by atoms with Crippen LogP contribution in [-0.4, -0.2) is 23.6 Å². The fourth-order valence-corrected chi connectivity index (χ4v) is 2.49. The maximum atomic E-state index is 13.6. The lowest BCUT2D eigenvalue weighted by Gasteiger charge is -2.11. The Bertz CT molecular complexity index is 1120. The van der Waals surface area contributed by atoms with Crippen LogP contribution in [-0.2, 0) is 9.53 Å². The minimum Gasteiger partial charge on any atom is -0.507 e. The number of hydrogen-bond acceptors (Lipinski definition) is 4. The summed E-state index contributed by atoms with van der Waals surface area (Å²) in [5.74, 6) is -14.3. The summed E-state index contributed by atoms with van der Waals surface area (Å²) < 4.78 is 71.0. The number of nitrogens with one attached hydrogen (secondary N) is 1. The number of amides is 1. The molecule has 0 aliphatic carbocycles. The van der Waals surface area contributed by atoms with Gasteiger partial charge in [0.25, 0.3) is 5.91 Å². The molecule has 150 valence electrons. The van der Waals surface area contributed by atoms with Crippen molar-refractivity contribution in [3.8, 4) is 5.75 Å². The number of benzene rings is 3. The van der Waals surface area contributed by atoms with Crippen LogP contribution >= 0.6 is 0 Å². The molecule has 3 aromatic rings. The molecule has 0 aromatic heterocycles. The molecule has 0 fully saturated rings. The molecule has 0 aliphatic heterocycles. The lowest BCUT2D eigenvalue weighted by atomic mass is 10.1. The maximum Gasteiger partial charge on any atom is 0.342 e. The van der Waals surface area contributed by atoms with Gasteiger partial charge in [-0.2, -0.15) is 0 Å². The number of phenols is 1. The van der Waals surface area contributed by atoms with Gasteiger partial charge in [0.05, 0.1) is 0 Å². The molecule has 0 saturated carbocycles. The Morgan fingerprint density at radius 3 is 1.97 bits per heavy atom. The van der Waals surface area contributed by atoms with Gasteiger partial charge in [0.2, 0.25) is 5.82 Å². The van der Waals surface area contributed by atoms with Gasteiger partial charge in [-0.15, -0.1) is 0 Å². The zero-order valence-electron chi connectivity index (χ0n) is 14.2. The number of hydrogen-bond donors (Lipinski definition) is 2. The number of rotatable bonds is 4. The van der Waals surface area contributed by atoms with Crippen LogP contribution in [0.5, 0.6) is 5.75 Å². The monoisotopic (exact) mass is 411 g/mol. The molecule has 3 rings (SSSR count). The van der Waals surface area contributed by atoms with Crippen LogP contribution in [0, 0.1) is 29.1 Å². The summed E-state index contributed by atoms with van der Waals surface area (Å²) in [6.07, 6.45) is 0. The fraction of sp³-hybridized carbons (Fsp3) is 0.0526. The Morgan fingerprint density at radius 2 is 1.38 bits per heavy atom. The first kappa shape index (κ1) is 20.1. The van der Waals surface area contributed by atoms with Gasteiger partial charge in [0.15, 0.2) is 29.9 Å². The van der Waals surface area contributed by atoms with Crippen molar-refractivity contribution in [3.63, 3.8) is 0 Å². The molecule has 0 bridgehead atoms. The topological polar surface area (TPSA) is 75.6 Å². The first-order valence-electron chi connectivity index (χ1n) is 7.91. The van der Waals surface area contributed by atoms with E-state index in [1.807, 2.05) is 0 Å². The van der Waals surface area contributed by atoms with Gasteiger partial charge in [-0.25, -0.2) is 26.7 Å². The first-order valence-corrected chi connectivity index (χ1v) is 7.91. The molecule has 29 heavy (non-hydrogen) atoms. The number of carbonyl (C=O) groups excluding carboxylic acids is 2. The summed E-state index contributed by atoms with van der Waals surface area (Å²) in [5, 5.41) is 12.6. The van der Waals surface area contributed by atoms with E-state index in [9.17, 15) is 36.6 Å². The Kier molecular flexibility index (Phi) is 5.35. The molecule has 5 nitrogen and oxygen atoms in total. The normalized spacial score (nSPS) is 10.8. The van der Waals surface area contributed by atoms with Crippen LogP contribution in [0.1, 0.15) is 10.4 Å². The van der Waals surface area contributed by atoms with Crippen molar-refractivity contribution in [1.29, 1.82) is 0 Å². The van der Waals surface area contributed by atoms with Gasteiger partial charge in [-0.3, -0.25) is 4.79 Å². The molecule has 10 heteroatoms. The van der Waals surface area contributed by atoms with Crippen LogP contribution in [0.15, 0.2) is 36.4 Å². The molecule has 0 radical (unpaired) electrons. The standard InChI is InChI=1S/C19H10F5NO4/c20-13-14(21)16(23)18(17(24)15(13)22)25-12(27)7-29-19(28)10-5-8-3-1-2-4-9(8)6-11(10)26/h1-6,26H,7H2,(H,25,27). The highest BCUT2D eigenvalue weighted by Crippen LogP contribution is 2.28. The SMILES string of the molecule is O=C(COC(=O)c1cc2ccccc2cc1O)Nc1c(F)c(F)c(F)c(F)c1F. The number of fused-ring (bicyclic) bond motifs is 1. The fourth-order valence-electron chi connectivity index (χ4n) is 2.49. The van der Waals surface area contributed by atoms with Crippen molar-refractivity contribution in [2.24, 2.45) is 0 Å². The molecule has 0 unspecified atom stereocenters. The Morgan fingerprint density at radius 1 is 0.862 bits per heavy atom. The molecule has 1 amide bonds. The van der Waals surface area contributed by atoms with Gasteiger partial charge in [0, 0.05) is 0 Å². The lowest BCUT2D eigenvalue weighted by Crippen LogP contribution is -2.23. The highest BCUT2D eigenvalue weighted by molar-refractivity contribution is 6.00. The Labute approximate surface area is 159 Å². The smallest absolute Gasteiger partial charge is 0.342 e. The molecule has 0 spiro atoms. The lowest BCUT2D eigenvalue weighted by molar-refractivity contribution is -0.119. The molecule has 0 heterocycles. The number of aromatic hydroxyl groups is 1. The molecular formula is C19H10F5NO4. The van der Waals surface area contributed by atoms with Gasteiger partial charge in [0.1, 0.15) is 17.0 Å². The first-order chi connectivity index (χ1) is 13.7. The van der Waals surface area contributed by atoms with Gasteiger partial charge >= 0.3 is 5.97 Å². The van der Waals surface area contributed by atoms with E-state index in [1.165, 1.54) is 17.4 Å². The molecule has 2 N–H and O–H groups in total. The quantitative estimate of drug-likeness (QED) is 0.294. The minimum absolute atomic E-state index is 0.285. The zero-order valence-corrected chi connectivity index (χ0v) is 14.2. The summed E-state index contributed by atoms with van der Waals surface area (Å²) in [6.45, 7) is -1.11. The second-order valence-electron chi connectivity index (χ2n) is 5.79. The highest BCUT2D eigenvalue weighted by Gasteiger charge is 2.27. The van der Waals surface area contributed by atoms with E-state index in [4.69, 9.17) is 0 Å². The van der Waals surface area contributed by atoms with Gasteiger partial charge in [-0.05, 0) is 22.9 Å². The van der Waals surface area contributed by atoms with E-state index >= 15 is 0 Å². The summed E-state index contributed by atoms with van der Waals surface area (Å²) in [4.78, 5) is 23.8. The van der Waals surface area contributed by atoms with Crippen LogP contribution < -0.4 is 5.32 Å². The molecular weight excluding hydrogens is 401 g/mol. The van der Waals surface area contributed by atoms with Crippen molar-refractivity contribution in [2.75, 3.05) is 11.9 Å². The molecule has 0 atom stereocenters. The number of carbonyl (C=O) groups is 2. The van der Waals surface area contributed by atoms with Gasteiger partial charge < -0.3 is 15.2 Å². The van der Waals surface area contributed by atoms with Crippen LogP contribution in [0.2, 0.25) is 0 Å². The molecule has 0 saturated heterocycles. The third-order valence-corrected chi connectivity index (χ3v) is 3.89. The second kappa shape index (κ2) is 7.74. The average Bonchev–Trinajstić information content (AvgIpc) is 2.71. The van der Waals surface area contributed by atoms with E-state index in [0.717, 1.165) is 0 Å².